The van der Waals surface area contributed by atoms with Gasteiger partial charge in [0.2, 0.25) is 5.28 Å². The topological polar surface area (TPSA) is 89.5 Å². The Morgan fingerprint density at radius 1 is 1.48 bits per heavy atom. The molecule has 0 bridgehead atoms. The van der Waals surface area contributed by atoms with E-state index in [1.165, 1.54) is 17.2 Å². The van der Waals surface area contributed by atoms with E-state index in [9.17, 15) is 13.2 Å². The first-order chi connectivity index (χ1) is 10.6. The Balaban J connectivity index is 2.13. The summed E-state index contributed by atoms with van der Waals surface area (Å²) in [6, 6.07) is 0.872. The lowest BCUT2D eigenvalue weighted by Crippen LogP contribution is -2.42. The highest BCUT2D eigenvalue weighted by atomic mass is 35.5. The summed E-state index contributed by atoms with van der Waals surface area (Å²) in [6.07, 6.45) is 2.15. The highest BCUT2D eigenvalue weighted by molar-refractivity contribution is 7.91. The summed E-state index contributed by atoms with van der Waals surface area (Å²) >= 11 is 5.65. The molecule has 23 heavy (non-hydrogen) atoms. The Morgan fingerprint density at radius 3 is 2.78 bits per heavy atom. The van der Waals surface area contributed by atoms with Crippen LogP contribution in [0.15, 0.2) is 17.3 Å². The minimum Gasteiger partial charge on any atom is -0.444 e. The number of hydrogen-bond acceptors (Lipinski definition) is 6. The summed E-state index contributed by atoms with van der Waals surface area (Å²) in [5, 5.41) is -0.255. The zero-order valence-electron chi connectivity index (χ0n) is 13.3. The summed E-state index contributed by atoms with van der Waals surface area (Å²) in [4.78, 5) is 21.1. The molecule has 0 saturated carbocycles. The van der Waals surface area contributed by atoms with Crippen LogP contribution < -0.4 is 0 Å². The van der Waals surface area contributed by atoms with Gasteiger partial charge in [0.1, 0.15) is 5.60 Å². The Labute approximate surface area is 140 Å². The van der Waals surface area contributed by atoms with Crippen LogP contribution in [0.3, 0.4) is 0 Å². The number of hydrogen-bond donors (Lipinski definition) is 0. The zero-order valence-corrected chi connectivity index (χ0v) is 14.9. The van der Waals surface area contributed by atoms with E-state index in [1.54, 1.807) is 20.8 Å². The maximum atomic E-state index is 12.5. The van der Waals surface area contributed by atoms with Crippen molar-refractivity contribution in [1.82, 2.24) is 14.9 Å². The van der Waals surface area contributed by atoms with Gasteiger partial charge in [-0.1, -0.05) is 0 Å². The maximum Gasteiger partial charge on any atom is 0.410 e. The number of rotatable bonds is 3. The van der Waals surface area contributed by atoms with Gasteiger partial charge in [-0.25, -0.2) is 23.2 Å². The van der Waals surface area contributed by atoms with E-state index in [0.717, 1.165) is 6.42 Å². The Kier molecular flexibility index (Phi) is 5.15. The van der Waals surface area contributed by atoms with Crippen molar-refractivity contribution in [2.24, 2.45) is 0 Å². The van der Waals surface area contributed by atoms with Gasteiger partial charge in [0.15, 0.2) is 14.9 Å². The molecule has 1 aromatic rings. The van der Waals surface area contributed by atoms with Gasteiger partial charge < -0.3 is 9.64 Å². The summed E-state index contributed by atoms with van der Waals surface area (Å²) in [6.45, 7) is 5.81. The highest BCUT2D eigenvalue weighted by Crippen LogP contribution is 2.24. The normalized spacial score (nSPS) is 19.0. The zero-order chi connectivity index (χ0) is 17.3. The molecule has 0 N–H and O–H groups in total. The number of aromatic nitrogens is 2. The van der Waals surface area contributed by atoms with Crippen molar-refractivity contribution in [3.8, 4) is 0 Å². The minimum absolute atomic E-state index is 0.124. The molecule has 1 amide bonds. The van der Waals surface area contributed by atoms with Gasteiger partial charge in [-0.3, -0.25) is 0 Å². The molecular formula is C14H20ClN3O4S. The van der Waals surface area contributed by atoms with Crippen LogP contribution in [0.4, 0.5) is 4.79 Å². The van der Waals surface area contributed by atoms with E-state index in [1.807, 2.05) is 0 Å². The first-order valence-electron chi connectivity index (χ1n) is 7.29. The first kappa shape index (κ1) is 17.9. The second-order valence-corrected chi connectivity index (χ2v) is 8.73. The van der Waals surface area contributed by atoms with Crippen LogP contribution in [0.1, 0.15) is 33.6 Å². The van der Waals surface area contributed by atoms with Crippen LogP contribution in [-0.4, -0.2) is 53.3 Å². The third kappa shape index (κ3) is 4.78. The average Bonchev–Trinajstić information content (AvgIpc) is 2.84. The molecule has 1 aromatic heterocycles. The number of likely N-dealkylation sites (tertiary alicyclic amines) is 1. The lowest BCUT2D eigenvalue weighted by atomic mass is 10.2. The van der Waals surface area contributed by atoms with Gasteiger partial charge in [-0.2, -0.15) is 0 Å². The van der Waals surface area contributed by atoms with Crippen LogP contribution in [0, 0.1) is 0 Å². The van der Waals surface area contributed by atoms with Gasteiger partial charge in [0.25, 0.3) is 0 Å². The first-order valence-corrected chi connectivity index (χ1v) is 9.32. The lowest BCUT2D eigenvalue weighted by molar-refractivity contribution is 0.0241. The third-order valence-corrected chi connectivity index (χ3v) is 5.21. The fraction of sp³-hybridized carbons (Fsp3) is 0.643. The molecule has 1 atom stereocenters. The summed E-state index contributed by atoms with van der Waals surface area (Å²) in [7, 11) is -3.66. The molecule has 7 nitrogen and oxygen atoms in total. The molecule has 1 aliphatic rings. The molecule has 0 spiro atoms. The quantitative estimate of drug-likeness (QED) is 0.606. The number of carbonyl (C=O) groups is 1. The van der Waals surface area contributed by atoms with Crippen LogP contribution in [0.25, 0.3) is 0 Å². The molecule has 0 aliphatic carbocycles. The number of sulfone groups is 1. The van der Waals surface area contributed by atoms with Crippen LogP contribution in [0.2, 0.25) is 5.28 Å². The second-order valence-electron chi connectivity index (χ2n) is 6.42. The molecule has 0 aromatic carbocycles. The van der Waals surface area contributed by atoms with E-state index in [4.69, 9.17) is 16.3 Å². The fourth-order valence-electron chi connectivity index (χ4n) is 2.40. The fourth-order valence-corrected chi connectivity index (χ4v) is 4.12. The molecule has 0 unspecified atom stereocenters. The van der Waals surface area contributed by atoms with Crippen molar-refractivity contribution >= 4 is 27.5 Å². The van der Waals surface area contributed by atoms with E-state index >= 15 is 0 Å². The molecule has 0 radical (unpaired) electrons. The summed E-state index contributed by atoms with van der Waals surface area (Å²) < 4.78 is 30.3. The Bertz CT molecular complexity index is 688. The van der Waals surface area contributed by atoms with Gasteiger partial charge in [-0.15, -0.1) is 0 Å². The van der Waals surface area contributed by atoms with Gasteiger partial charge in [0.05, 0.1) is 5.75 Å². The molecule has 1 fully saturated rings. The minimum atomic E-state index is -3.66. The number of nitrogens with zero attached hydrogens (tertiary/aromatic N) is 3. The predicted molar refractivity (Wildman–Crippen MR) is 85.1 cm³/mol. The molecule has 1 saturated heterocycles. The second kappa shape index (κ2) is 6.60. The summed E-state index contributed by atoms with van der Waals surface area (Å²) in [5.41, 5.74) is -0.622. The lowest BCUT2D eigenvalue weighted by Gasteiger charge is -2.28. The Hall–Kier alpha value is -1.41. The molecule has 1 aliphatic heterocycles. The van der Waals surface area contributed by atoms with E-state index in [-0.39, 0.29) is 16.1 Å². The SMILES string of the molecule is CC(C)(C)OC(=O)N1CCC[C@H]1CS(=O)(=O)c1ccnc(Cl)n1. The van der Waals surface area contributed by atoms with Crippen LogP contribution in [0.5, 0.6) is 0 Å². The maximum absolute atomic E-state index is 12.5. The molecule has 2 heterocycles. The van der Waals surface area contributed by atoms with Crippen LogP contribution in [-0.2, 0) is 14.6 Å². The molecule has 9 heteroatoms. The Morgan fingerprint density at radius 2 is 2.17 bits per heavy atom. The van der Waals surface area contributed by atoms with Crippen molar-refractivity contribution < 1.29 is 17.9 Å². The van der Waals surface area contributed by atoms with Gasteiger partial charge in [-0.05, 0) is 51.3 Å². The predicted octanol–water partition coefficient (Wildman–Crippen LogP) is 2.30. The largest absolute Gasteiger partial charge is 0.444 e. The number of carbonyl (C=O) groups excluding carboxylic acids is 1. The average molecular weight is 362 g/mol. The van der Waals surface area contributed by atoms with Gasteiger partial charge >= 0.3 is 6.09 Å². The number of halogens is 1. The van der Waals surface area contributed by atoms with Crippen molar-refractivity contribution in [2.45, 2.75) is 50.3 Å². The number of amides is 1. The van der Waals surface area contributed by atoms with E-state index in [2.05, 4.69) is 9.97 Å². The van der Waals surface area contributed by atoms with Crippen LogP contribution >= 0.6 is 11.6 Å². The van der Waals surface area contributed by atoms with E-state index in [0.29, 0.717) is 13.0 Å². The van der Waals surface area contributed by atoms with Crippen molar-refractivity contribution in [3.05, 3.63) is 17.5 Å². The molecule has 128 valence electrons. The van der Waals surface area contributed by atoms with E-state index < -0.39 is 27.6 Å². The van der Waals surface area contributed by atoms with Crippen molar-refractivity contribution in [1.29, 1.82) is 0 Å². The van der Waals surface area contributed by atoms with Crippen molar-refractivity contribution in [3.63, 3.8) is 0 Å². The van der Waals surface area contributed by atoms with Crippen molar-refractivity contribution in [2.75, 3.05) is 12.3 Å². The monoisotopic (exact) mass is 361 g/mol. The van der Waals surface area contributed by atoms with Gasteiger partial charge in [0, 0.05) is 18.8 Å². The molecule has 2 rings (SSSR count). The third-order valence-electron chi connectivity index (χ3n) is 3.34. The summed E-state index contributed by atoms with van der Waals surface area (Å²) in [5.74, 6) is -0.209. The molecular weight excluding hydrogens is 342 g/mol. The smallest absolute Gasteiger partial charge is 0.410 e. The number of ether oxygens (including phenoxy) is 1. The highest BCUT2D eigenvalue weighted by Gasteiger charge is 2.35. The standard InChI is InChI=1S/C14H20ClN3O4S/c1-14(2,3)22-13(19)18-8-4-5-10(18)9-23(20,21)11-6-7-16-12(15)17-11/h6-7,10H,4-5,8-9H2,1-3H3/t10-/m0/s1.